The number of esters is 1. The summed E-state index contributed by atoms with van der Waals surface area (Å²) in [6, 6.07) is 2.37. The highest BCUT2D eigenvalue weighted by molar-refractivity contribution is 9.10. The van der Waals surface area contributed by atoms with Crippen LogP contribution in [0.15, 0.2) is 16.6 Å². The molecule has 0 radical (unpaired) electrons. The van der Waals surface area contributed by atoms with Crippen LogP contribution in [0.2, 0.25) is 0 Å². The van der Waals surface area contributed by atoms with Crippen LogP contribution in [0.5, 0.6) is 11.5 Å². The van der Waals surface area contributed by atoms with Crippen molar-refractivity contribution >= 4 is 33.8 Å². The van der Waals surface area contributed by atoms with Crippen molar-refractivity contribution in [3.8, 4) is 11.5 Å². The van der Waals surface area contributed by atoms with Gasteiger partial charge in [-0.25, -0.2) is 4.79 Å². The van der Waals surface area contributed by atoms with Crippen LogP contribution >= 0.6 is 15.9 Å². The summed E-state index contributed by atoms with van der Waals surface area (Å²) in [4.78, 5) is 34.2. The highest BCUT2D eigenvalue weighted by atomic mass is 79.9. The van der Waals surface area contributed by atoms with E-state index in [1.165, 1.54) is 6.92 Å². The molecule has 0 aliphatic rings. The summed E-state index contributed by atoms with van der Waals surface area (Å²) in [7, 11) is 0. The molecule has 8 nitrogen and oxygen atoms in total. The van der Waals surface area contributed by atoms with E-state index in [0.29, 0.717) is 34.7 Å². The first-order valence-corrected chi connectivity index (χ1v) is 8.45. The van der Waals surface area contributed by atoms with E-state index in [1.807, 2.05) is 19.2 Å². The average Bonchev–Trinajstić information content (AvgIpc) is 2.51. The molecule has 1 rings (SSSR count). The van der Waals surface area contributed by atoms with Crippen molar-refractivity contribution in [2.75, 3.05) is 13.2 Å². The van der Waals surface area contributed by atoms with Crippen molar-refractivity contribution in [2.24, 2.45) is 5.73 Å². The van der Waals surface area contributed by atoms with Gasteiger partial charge in [-0.05, 0) is 38.5 Å². The fourth-order valence-corrected chi connectivity index (χ4v) is 2.38. The fourth-order valence-electron chi connectivity index (χ4n) is 1.92. The number of halogens is 1. The van der Waals surface area contributed by atoms with Gasteiger partial charge in [0.15, 0.2) is 17.6 Å². The summed E-state index contributed by atoms with van der Waals surface area (Å²) in [6.45, 7) is 5.95. The number of ether oxygens (including phenoxy) is 3. The number of hydrogen-bond acceptors (Lipinski definition) is 6. The summed E-state index contributed by atoms with van der Waals surface area (Å²) in [5.74, 6) is -0.363. The van der Waals surface area contributed by atoms with Crippen LogP contribution in [0, 0.1) is 0 Å². The molecule has 0 aliphatic carbocycles. The van der Waals surface area contributed by atoms with Crippen LogP contribution in [0.25, 0.3) is 0 Å². The van der Waals surface area contributed by atoms with Gasteiger partial charge < -0.3 is 19.9 Å². The maximum Gasteiger partial charge on any atom is 0.318 e. The van der Waals surface area contributed by atoms with Crippen molar-refractivity contribution in [1.82, 2.24) is 5.32 Å². The average molecular weight is 417 g/mol. The lowest BCUT2D eigenvalue weighted by molar-refractivity contribution is -0.153. The molecular formula is C16H21BrN2O6. The van der Waals surface area contributed by atoms with Crippen LogP contribution in [-0.2, 0) is 20.7 Å². The quantitative estimate of drug-likeness (QED) is 0.625. The Bertz CT molecular complexity index is 650. The zero-order chi connectivity index (χ0) is 19.0. The van der Waals surface area contributed by atoms with Crippen LogP contribution in [0.4, 0.5) is 4.79 Å². The first kappa shape index (κ1) is 20.8. The van der Waals surface area contributed by atoms with Gasteiger partial charge in [-0.1, -0.05) is 15.9 Å². The van der Waals surface area contributed by atoms with Gasteiger partial charge in [0.2, 0.25) is 0 Å². The number of primary amides is 1. The molecule has 25 heavy (non-hydrogen) atoms. The Kier molecular flexibility index (Phi) is 8.20. The van der Waals surface area contributed by atoms with Gasteiger partial charge in [0.1, 0.15) is 0 Å². The van der Waals surface area contributed by atoms with Crippen molar-refractivity contribution in [1.29, 1.82) is 0 Å². The molecule has 1 aromatic carbocycles. The molecule has 9 heteroatoms. The van der Waals surface area contributed by atoms with Crippen LogP contribution in [0.1, 0.15) is 26.3 Å². The number of rotatable bonds is 8. The zero-order valence-electron chi connectivity index (χ0n) is 14.3. The van der Waals surface area contributed by atoms with E-state index in [2.05, 4.69) is 15.9 Å². The van der Waals surface area contributed by atoms with Gasteiger partial charge in [0.05, 0.1) is 19.6 Å². The largest absolute Gasteiger partial charge is 0.490 e. The van der Waals surface area contributed by atoms with Gasteiger partial charge in [-0.2, -0.15) is 0 Å². The second-order valence-electron chi connectivity index (χ2n) is 4.92. The van der Waals surface area contributed by atoms with Crippen molar-refractivity contribution < 1.29 is 28.6 Å². The number of benzene rings is 1. The zero-order valence-corrected chi connectivity index (χ0v) is 15.8. The molecule has 3 amide bonds. The SMILES string of the molecule is CCOc1cc(Br)c(CC(=O)O[C@H](C)C(=O)NC(N)=O)cc1OCC. The van der Waals surface area contributed by atoms with Crippen LogP contribution in [-0.4, -0.2) is 37.2 Å². The molecule has 0 aromatic heterocycles. The summed E-state index contributed by atoms with van der Waals surface area (Å²) >= 11 is 3.38. The summed E-state index contributed by atoms with van der Waals surface area (Å²) in [5, 5.41) is 1.85. The second kappa shape index (κ2) is 9.87. The molecule has 0 saturated heterocycles. The third-order valence-electron chi connectivity index (χ3n) is 2.97. The molecule has 0 saturated carbocycles. The number of urea groups is 1. The number of imide groups is 1. The molecule has 0 spiro atoms. The van der Waals surface area contributed by atoms with Gasteiger partial charge in [0.25, 0.3) is 5.91 Å². The Morgan fingerprint density at radius 2 is 1.72 bits per heavy atom. The number of carbonyl (C=O) groups is 3. The lowest BCUT2D eigenvalue weighted by atomic mass is 10.1. The Hall–Kier alpha value is -2.29. The van der Waals surface area contributed by atoms with Crippen molar-refractivity contribution in [3.05, 3.63) is 22.2 Å². The summed E-state index contributed by atoms with van der Waals surface area (Å²) < 4.78 is 16.7. The maximum atomic E-state index is 12.0. The van der Waals surface area contributed by atoms with E-state index < -0.39 is 24.0 Å². The van der Waals surface area contributed by atoms with E-state index in [9.17, 15) is 14.4 Å². The van der Waals surface area contributed by atoms with E-state index in [-0.39, 0.29) is 6.42 Å². The Morgan fingerprint density at radius 1 is 1.16 bits per heavy atom. The first-order valence-electron chi connectivity index (χ1n) is 7.66. The van der Waals surface area contributed by atoms with Crippen LogP contribution < -0.4 is 20.5 Å². The summed E-state index contributed by atoms with van der Waals surface area (Å²) in [5.41, 5.74) is 5.46. The normalized spacial score (nSPS) is 11.4. The molecule has 0 heterocycles. The minimum Gasteiger partial charge on any atom is -0.490 e. The van der Waals surface area contributed by atoms with Crippen molar-refractivity contribution in [2.45, 2.75) is 33.3 Å². The molecule has 3 N–H and O–H groups in total. The Morgan fingerprint density at radius 3 is 2.24 bits per heavy atom. The van der Waals surface area contributed by atoms with Gasteiger partial charge in [0, 0.05) is 4.47 Å². The molecule has 1 atom stereocenters. The predicted octanol–water partition coefficient (Wildman–Crippen LogP) is 1.92. The second-order valence-corrected chi connectivity index (χ2v) is 5.77. The molecule has 1 aromatic rings. The van der Waals surface area contributed by atoms with E-state index in [0.717, 1.165) is 0 Å². The standard InChI is InChI=1S/C16H21BrN2O6/c1-4-23-12-6-10(11(17)8-13(12)24-5-2)7-14(20)25-9(3)15(21)19-16(18)22/h6,8-9H,4-5,7H2,1-3H3,(H3,18,19,21,22)/t9-/m1/s1. The minimum atomic E-state index is -1.15. The minimum absolute atomic E-state index is 0.0960. The number of hydrogen-bond donors (Lipinski definition) is 2. The molecule has 138 valence electrons. The number of amides is 3. The smallest absolute Gasteiger partial charge is 0.318 e. The molecular weight excluding hydrogens is 396 g/mol. The van der Waals surface area contributed by atoms with E-state index in [1.54, 1.807) is 12.1 Å². The molecule has 0 aliphatic heterocycles. The van der Waals surface area contributed by atoms with Gasteiger partial charge >= 0.3 is 12.0 Å². The number of nitrogens with one attached hydrogen (secondary N) is 1. The Labute approximate surface area is 154 Å². The van der Waals surface area contributed by atoms with Crippen LogP contribution in [0.3, 0.4) is 0 Å². The summed E-state index contributed by atoms with van der Waals surface area (Å²) in [6.07, 6.45) is -1.24. The highest BCUT2D eigenvalue weighted by Gasteiger charge is 2.20. The van der Waals surface area contributed by atoms with Crippen molar-refractivity contribution in [3.63, 3.8) is 0 Å². The van der Waals surface area contributed by atoms with E-state index in [4.69, 9.17) is 19.9 Å². The fraction of sp³-hybridized carbons (Fsp3) is 0.438. The number of nitrogens with two attached hydrogens (primary N) is 1. The number of carbonyl (C=O) groups excluding carboxylic acids is 3. The Balaban J connectivity index is 2.84. The van der Waals surface area contributed by atoms with Gasteiger partial charge in [-0.15, -0.1) is 0 Å². The highest BCUT2D eigenvalue weighted by Crippen LogP contribution is 2.34. The lowest BCUT2D eigenvalue weighted by Gasteiger charge is -2.15. The van der Waals surface area contributed by atoms with Gasteiger partial charge in [-0.3, -0.25) is 14.9 Å². The molecule has 0 bridgehead atoms. The third kappa shape index (κ3) is 6.61. The monoisotopic (exact) mass is 416 g/mol. The molecule has 0 fully saturated rings. The predicted molar refractivity (Wildman–Crippen MR) is 93.5 cm³/mol. The molecule has 0 unspecified atom stereocenters. The third-order valence-corrected chi connectivity index (χ3v) is 3.71. The topological polar surface area (TPSA) is 117 Å². The lowest BCUT2D eigenvalue weighted by Crippen LogP contribution is -2.42. The first-order chi connectivity index (χ1) is 11.8. The van der Waals surface area contributed by atoms with E-state index >= 15 is 0 Å². The maximum absolute atomic E-state index is 12.0.